The predicted octanol–water partition coefficient (Wildman–Crippen LogP) is 6.87. The van der Waals surface area contributed by atoms with Gasteiger partial charge in [-0.1, -0.05) is 24.3 Å². The van der Waals surface area contributed by atoms with Gasteiger partial charge in [-0.05, 0) is 51.9 Å². The van der Waals surface area contributed by atoms with Crippen LogP contribution in [0.25, 0.3) is 16.7 Å². The Morgan fingerprint density at radius 3 is 2.25 bits per heavy atom. The van der Waals surface area contributed by atoms with Gasteiger partial charge in [0.15, 0.2) is 0 Å². The second-order valence-corrected chi connectivity index (χ2v) is 8.93. The first-order valence-electron chi connectivity index (χ1n) is 7.99. The van der Waals surface area contributed by atoms with E-state index in [2.05, 4.69) is 58.6 Å². The van der Waals surface area contributed by atoms with Crippen LogP contribution in [0, 0.1) is 0 Å². The summed E-state index contributed by atoms with van der Waals surface area (Å²) < 4.78 is 0. The van der Waals surface area contributed by atoms with E-state index in [1.807, 2.05) is 34.0 Å². The Bertz CT molecular complexity index is 1090. The smallest absolute Gasteiger partial charge is 0.0442 e. The van der Waals surface area contributed by atoms with Gasteiger partial charge in [-0.2, -0.15) is 0 Å². The third kappa shape index (κ3) is 1.57. The molecule has 3 aromatic heterocycles. The molecule has 3 heterocycles. The van der Waals surface area contributed by atoms with E-state index in [-0.39, 0.29) is 0 Å². The fraction of sp³-hybridized carbons (Fsp3) is 0.0476. The normalized spacial score (nSPS) is 18.0. The van der Waals surface area contributed by atoms with Crippen LogP contribution in [0.1, 0.15) is 26.6 Å². The van der Waals surface area contributed by atoms with Crippen molar-refractivity contribution in [1.82, 2.24) is 0 Å². The van der Waals surface area contributed by atoms with Crippen molar-refractivity contribution in [2.75, 3.05) is 0 Å². The maximum atomic E-state index is 2.34. The summed E-state index contributed by atoms with van der Waals surface area (Å²) in [5, 5.41) is 6.62. The summed E-state index contributed by atoms with van der Waals surface area (Å²) in [6.45, 7) is 0. The monoisotopic (exact) mass is 360 g/mol. The quantitative estimate of drug-likeness (QED) is 0.468. The molecule has 24 heavy (non-hydrogen) atoms. The van der Waals surface area contributed by atoms with Gasteiger partial charge in [-0.25, -0.2) is 0 Å². The van der Waals surface area contributed by atoms with E-state index in [1.54, 1.807) is 0 Å². The van der Waals surface area contributed by atoms with Gasteiger partial charge in [0.25, 0.3) is 0 Å². The number of rotatable bonds is 2. The van der Waals surface area contributed by atoms with Crippen molar-refractivity contribution in [2.24, 2.45) is 0 Å². The maximum absolute atomic E-state index is 2.34. The summed E-state index contributed by atoms with van der Waals surface area (Å²) in [6.07, 6.45) is 5.72. The topological polar surface area (TPSA) is 0 Å². The Balaban J connectivity index is 1.76. The molecule has 3 heteroatoms. The first-order chi connectivity index (χ1) is 11.9. The minimum atomic E-state index is 1.06. The molecule has 0 aromatic carbocycles. The molecule has 0 saturated carbocycles. The zero-order valence-electron chi connectivity index (χ0n) is 12.7. The zero-order chi connectivity index (χ0) is 15.7. The molecule has 0 unspecified atom stereocenters. The molecular weight excluding hydrogens is 348 g/mol. The van der Waals surface area contributed by atoms with Crippen LogP contribution in [0.2, 0.25) is 0 Å². The van der Waals surface area contributed by atoms with Crippen LogP contribution >= 0.6 is 34.0 Å². The van der Waals surface area contributed by atoms with Crippen LogP contribution < -0.4 is 0 Å². The highest BCUT2D eigenvalue weighted by Crippen LogP contribution is 2.60. The number of thiophene rings is 3. The standard InChI is InChI=1S/C21H12S3/c1-4-12-13(5-1)18-19(17(12)15-6-2-9-22-15)14-8-11-24-21(14)20(18)16-7-3-10-23-16/h1-3,5-11H,4H2. The predicted molar refractivity (Wildman–Crippen MR) is 107 cm³/mol. The summed E-state index contributed by atoms with van der Waals surface area (Å²) in [5.74, 6) is 0. The van der Waals surface area contributed by atoms with E-state index >= 15 is 0 Å². The highest BCUT2D eigenvalue weighted by molar-refractivity contribution is 7.14. The molecule has 0 N–H and O–H groups in total. The van der Waals surface area contributed by atoms with Crippen LogP contribution in [0.4, 0.5) is 0 Å². The number of hydrogen-bond acceptors (Lipinski definition) is 3. The molecule has 0 saturated heterocycles. The Kier molecular flexibility index (Phi) is 2.67. The van der Waals surface area contributed by atoms with Gasteiger partial charge in [-0.15, -0.1) is 34.0 Å². The van der Waals surface area contributed by atoms with Crippen LogP contribution in [0.15, 0.2) is 75.3 Å². The Hall–Kier alpha value is -1.94. The van der Waals surface area contributed by atoms with Gasteiger partial charge < -0.3 is 0 Å². The van der Waals surface area contributed by atoms with Crippen LogP contribution in [-0.2, 0) is 0 Å². The van der Waals surface area contributed by atoms with Crippen molar-refractivity contribution < 1.29 is 0 Å². The number of allylic oxidation sites excluding steroid dienone is 7. The summed E-state index contributed by atoms with van der Waals surface area (Å²) in [5.41, 5.74) is 10.3. The molecule has 0 nitrogen and oxygen atoms in total. The molecule has 0 amide bonds. The summed E-state index contributed by atoms with van der Waals surface area (Å²) in [6, 6.07) is 11.2. The third-order valence-electron chi connectivity index (χ3n) is 4.95. The molecule has 0 bridgehead atoms. The first-order valence-corrected chi connectivity index (χ1v) is 10.6. The van der Waals surface area contributed by atoms with E-state index in [1.165, 1.54) is 53.6 Å². The van der Waals surface area contributed by atoms with Crippen LogP contribution in [0.3, 0.4) is 0 Å². The van der Waals surface area contributed by atoms with Gasteiger partial charge in [-0.3, -0.25) is 0 Å². The van der Waals surface area contributed by atoms with E-state index < -0.39 is 0 Å². The Morgan fingerprint density at radius 1 is 0.708 bits per heavy atom. The molecule has 3 aromatic rings. The van der Waals surface area contributed by atoms with Crippen molar-refractivity contribution in [1.29, 1.82) is 0 Å². The number of fused-ring (bicyclic) bond motifs is 4. The lowest BCUT2D eigenvalue weighted by molar-refractivity contribution is 1.34. The van der Waals surface area contributed by atoms with Crippen LogP contribution in [-0.4, -0.2) is 0 Å². The lowest BCUT2D eigenvalue weighted by Gasteiger charge is -2.07. The highest BCUT2D eigenvalue weighted by Gasteiger charge is 2.40. The van der Waals surface area contributed by atoms with Crippen molar-refractivity contribution in [3.63, 3.8) is 0 Å². The Morgan fingerprint density at radius 2 is 1.50 bits per heavy atom. The zero-order valence-corrected chi connectivity index (χ0v) is 15.2. The molecular formula is C21H12S3. The first kappa shape index (κ1) is 13.4. The number of hydrogen-bond donors (Lipinski definition) is 0. The van der Waals surface area contributed by atoms with Gasteiger partial charge >= 0.3 is 0 Å². The van der Waals surface area contributed by atoms with E-state index in [4.69, 9.17) is 0 Å². The maximum Gasteiger partial charge on any atom is 0.0442 e. The van der Waals surface area contributed by atoms with Crippen LogP contribution in [0.5, 0.6) is 0 Å². The molecule has 0 atom stereocenters. The SMILES string of the molecule is C1=CC2=C(C1)C(c1cccs1)=C1C2=C(c2cccs2)c2sccc21. The average molecular weight is 361 g/mol. The average Bonchev–Trinajstić information content (AvgIpc) is 3.38. The second kappa shape index (κ2) is 4.79. The fourth-order valence-corrected chi connectivity index (χ4v) is 6.70. The van der Waals surface area contributed by atoms with Crippen molar-refractivity contribution in [3.8, 4) is 0 Å². The lowest BCUT2D eigenvalue weighted by Crippen LogP contribution is -1.86. The Labute approximate surface area is 152 Å². The molecule has 0 fully saturated rings. The van der Waals surface area contributed by atoms with Gasteiger partial charge in [0.05, 0.1) is 0 Å². The van der Waals surface area contributed by atoms with E-state index in [0.717, 1.165) is 6.42 Å². The fourth-order valence-electron chi connectivity index (χ4n) is 4.08. The summed E-state index contributed by atoms with van der Waals surface area (Å²) in [4.78, 5) is 4.24. The molecule has 6 rings (SSSR count). The second-order valence-electron chi connectivity index (χ2n) is 6.12. The molecule has 0 aliphatic heterocycles. The largest absolute Gasteiger partial charge is 0.144 e. The van der Waals surface area contributed by atoms with Crippen molar-refractivity contribution in [3.05, 3.63) is 95.5 Å². The summed E-state index contributed by atoms with van der Waals surface area (Å²) in [7, 11) is 0. The van der Waals surface area contributed by atoms with E-state index in [0.29, 0.717) is 0 Å². The van der Waals surface area contributed by atoms with Gasteiger partial charge in [0.1, 0.15) is 0 Å². The highest BCUT2D eigenvalue weighted by atomic mass is 32.1. The molecule has 0 spiro atoms. The van der Waals surface area contributed by atoms with Gasteiger partial charge in [0.2, 0.25) is 0 Å². The molecule has 3 aliphatic rings. The minimum absolute atomic E-state index is 1.06. The molecule has 114 valence electrons. The van der Waals surface area contributed by atoms with Crippen molar-refractivity contribution >= 4 is 50.7 Å². The van der Waals surface area contributed by atoms with Gasteiger partial charge in [0, 0.05) is 42.5 Å². The van der Waals surface area contributed by atoms with E-state index in [9.17, 15) is 0 Å². The molecule has 0 radical (unpaired) electrons. The molecule has 3 aliphatic carbocycles. The lowest BCUT2D eigenvalue weighted by atomic mass is 9.98. The van der Waals surface area contributed by atoms with Crippen molar-refractivity contribution in [2.45, 2.75) is 6.42 Å². The summed E-state index contributed by atoms with van der Waals surface area (Å²) >= 11 is 5.59. The third-order valence-corrected chi connectivity index (χ3v) is 7.66. The minimum Gasteiger partial charge on any atom is -0.144 e.